The van der Waals surface area contributed by atoms with Crippen molar-refractivity contribution >= 4 is 17.8 Å². The summed E-state index contributed by atoms with van der Waals surface area (Å²) >= 11 is 0. The van der Waals surface area contributed by atoms with E-state index in [4.69, 9.17) is 0 Å². The molecule has 2 rings (SSSR count). The summed E-state index contributed by atoms with van der Waals surface area (Å²) in [5.74, 6) is -1.83. The first-order valence-corrected chi connectivity index (χ1v) is 4.59. The Morgan fingerprint density at radius 2 is 2.21 bits per heavy atom. The van der Waals surface area contributed by atoms with Gasteiger partial charge in [0.15, 0.2) is 0 Å². The fourth-order valence-corrected chi connectivity index (χ4v) is 2.15. The highest BCUT2D eigenvalue weighted by Gasteiger charge is 2.49. The molecule has 0 N–H and O–H groups in total. The van der Waals surface area contributed by atoms with E-state index in [1.54, 1.807) is 0 Å². The molecule has 2 fully saturated rings. The molecule has 5 nitrogen and oxygen atoms in total. The lowest BCUT2D eigenvalue weighted by Gasteiger charge is -2.11. The normalized spacial score (nSPS) is 30.8. The number of carbonyl (C=O) groups is 3. The summed E-state index contributed by atoms with van der Waals surface area (Å²) in [6, 6.07) is -0.0703. The van der Waals surface area contributed by atoms with E-state index in [-0.39, 0.29) is 17.9 Å². The SMILES string of the molecule is COC(=O)C1CC2CCC(=O)N2C1=O. The van der Waals surface area contributed by atoms with Gasteiger partial charge in [0, 0.05) is 12.5 Å². The van der Waals surface area contributed by atoms with Crippen LogP contribution in [0, 0.1) is 5.92 Å². The van der Waals surface area contributed by atoms with Crippen LogP contribution >= 0.6 is 0 Å². The maximum absolute atomic E-state index is 11.6. The fraction of sp³-hybridized carbons (Fsp3) is 0.667. The standard InChI is InChI=1S/C9H11NO4/c1-14-9(13)6-4-5-2-3-7(11)10(5)8(6)12/h5-6H,2-4H2,1H3. The van der Waals surface area contributed by atoms with Crippen LogP contribution in [-0.2, 0) is 19.1 Å². The zero-order chi connectivity index (χ0) is 10.3. The lowest BCUT2D eigenvalue weighted by molar-refractivity contribution is -0.151. The molecule has 2 saturated heterocycles. The Morgan fingerprint density at radius 3 is 2.79 bits per heavy atom. The third-order valence-electron chi connectivity index (χ3n) is 2.85. The van der Waals surface area contributed by atoms with Crippen molar-refractivity contribution < 1.29 is 19.1 Å². The molecule has 2 aliphatic heterocycles. The number of carbonyl (C=O) groups excluding carboxylic acids is 3. The van der Waals surface area contributed by atoms with Gasteiger partial charge >= 0.3 is 5.97 Å². The molecule has 14 heavy (non-hydrogen) atoms. The second-order valence-corrected chi connectivity index (χ2v) is 3.61. The molecule has 0 bridgehead atoms. The van der Waals surface area contributed by atoms with E-state index in [1.807, 2.05) is 0 Å². The summed E-state index contributed by atoms with van der Waals surface area (Å²) < 4.78 is 4.51. The molecule has 76 valence electrons. The second-order valence-electron chi connectivity index (χ2n) is 3.61. The van der Waals surface area contributed by atoms with E-state index < -0.39 is 11.9 Å². The van der Waals surface area contributed by atoms with Crippen molar-refractivity contribution in [1.29, 1.82) is 0 Å². The van der Waals surface area contributed by atoms with Crippen LogP contribution in [0.5, 0.6) is 0 Å². The van der Waals surface area contributed by atoms with Crippen molar-refractivity contribution in [2.75, 3.05) is 7.11 Å². The molecular formula is C9H11NO4. The Balaban J connectivity index is 2.18. The van der Waals surface area contributed by atoms with E-state index in [0.717, 1.165) is 0 Å². The van der Waals surface area contributed by atoms with Crippen LogP contribution in [-0.4, -0.2) is 35.8 Å². The van der Waals surface area contributed by atoms with Gasteiger partial charge in [-0.15, -0.1) is 0 Å². The van der Waals surface area contributed by atoms with Gasteiger partial charge in [0.05, 0.1) is 7.11 Å². The maximum Gasteiger partial charge on any atom is 0.318 e. The van der Waals surface area contributed by atoms with Crippen molar-refractivity contribution in [2.45, 2.75) is 25.3 Å². The van der Waals surface area contributed by atoms with Crippen molar-refractivity contribution in [3.05, 3.63) is 0 Å². The quantitative estimate of drug-likeness (QED) is 0.329. The number of hydrogen-bond donors (Lipinski definition) is 0. The van der Waals surface area contributed by atoms with Gasteiger partial charge in [0.1, 0.15) is 5.92 Å². The molecule has 0 aromatic heterocycles. The molecule has 0 aromatic rings. The molecular weight excluding hydrogens is 186 g/mol. The summed E-state index contributed by atoms with van der Waals surface area (Å²) in [5.41, 5.74) is 0. The number of ether oxygens (including phenoxy) is 1. The third-order valence-corrected chi connectivity index (χ3v) is 2.85. The number of hydrogen-bond acceptors (Lipinski definition) is 4. The van der Waals surface area contributed by atoms with Gasteiger partial charge < -0.3 is 4.74 Å². The van der Waals surface area contributed by atoms with Crippen molar-refractivity contribution in [3.8, 4) is 0 Å². The molecule has 2 unspecified atom stereocenters. The number of amides is 2. The Labute approximate surface area is 81.0 Å². The monoisotopic (exact) mass is 197 g/mol. The molecule has 2 atom stereocenters. The number of methoxy groups -OCH3 is 1. The van der Waals surface area contributed by atoms with Crippen LogP contribution in [0.3, 0.4) is 0 Å². The minimum Gasteiger partial charge on any atom is -0.468 e. The summed E-state index contributed by atoms with van der Waals surface area (Å²) in [5, 5.41) is 0. The Hall–Kier alpha value is -1.39. The van der Waals surface area contributed by atoms with E-state index in [2.05, 4.69) is 4.74 Å². The topological polar surface area (TPSA) is 63.7 Å². The zero-order valence-corrected chi connectivity index (χ0v) is 7.86. The summed E-state index contributed by atoms with van der Waals surface area (Å²) in [6.45, 7) is 0. The molecule has 2 amide bonds. The van der Waals surface area contributed by atoms with Crippen LogP contribution in [0.15, 0.2) is 0 Å². The van der Waals surface area contributed by atoms with Crippen LogP contribution in [0.4, 0.5) is 0 Å². The first-order chi connectivity index (χ1) is 6.65. The van der Waals surface area contributed by atoms with E-state index >= 15 is 0 Å². The molecule has 0 aromatic carbocycles. The van der Waals surface area contributed by atoms with Crippen LogP contribution in [0.2, 0.25) is 0 Å². The number of fused-ring (bicyclic) bond motifs is 1. The van der Waals surface area contributed by atoms with Crippen LogP contribution < -0.4 is 0 Å². The number of esters is 1. The predicted molar refractivity (Wildman–Crippen MR) is 45.0 cm³/mol. The first kappa shape index (κ1) is 9.18. The maximum atomic E-state index is 11.6. The average molecular weight is 197 g/mol. The minimum atomic E-state index is -0.755. The average Bonchev–Trinajstić information content (AvgIpc) is 2.68. The fourth-order valence-electron chi connectivity index (χ4n) is 2.15. The van der Waals surface area contributed by atoms with Gasteiger partial charge in [-0.3, -0.25) is 19.3 Å². The first-order valence-electron chi connectivity index (χ1n) is 4.59. The summed E-state index contributed by atoms with van der Waals surface area (Å²) in [6.07, 6.45) is 1.53. The minimum absolute atomic E-state index is 0.0703. The van der Waals surface area contributed by atoms with Crippen LogP contribution in [0.1, 0.15) is 19.3 Å². The third kappa shape index (κ3) is 1.12. The van der Waals surface area contributed by atoms with E-state index in [9.17, 15) is 14.4 Å². The Kier molecular flexibility index (Phi) is 2.02. The molecule has 0 saturated carbocycles. The van der Waals surface area contributed by atoms with Crippen molar-refractivity contribution in [3.63, 3.8) is 0 Å². The van der Waals surface area contributed by atoms with Gasteiger partial charge in [-0.05, 0) is 12.8 Å². The largest absolute Gasteiger partial charge is 0.468 e. The summed E-state index contributed by atoms with van der Waals surface area (Å²) in [4.78, 5) is 35.3. The van der Waals surface area contributed by atoms with Gasteiger partial charge in [0.2, 0.25) is 11.8 Å². The van der Waals surface area contributed by atoms with Gasteiger partial charge in [-0.1, -0.05) is 0 Å². The molecule has 0 aliphatic carbocycles. The molecule has 5 heteroatoms. The van der Waals surface area contributed by atoms with Crippen LogP contribution in [0.25, 0.3) is 0 Å². The predicted octanol–water partition coefficient (Wildman–Crippen LogP) is -0.303. The van der Waals surface area contributed by atoms with Gasteiger partial charge in [-0.2, -0.15) is 0 Å². The Bertz CT molecular complexity index is 312. The lowest BCUT2D eigenvalue weighted by Crippen LogP contribution is -2.34. The second kappa shape index (κ2) is 3.08. The molecule has 2 aliphatic rings. The Morgan fingerprint density at radius 1 is 1.50 bits per heavy atom. The van der Waals surface area contributed by atoms with Gasteiger partial charge in [0.25, 0.3) is 0 Å². The molecule has 0 spiro atoms. The molecule has 0 radical (unpaired) electrons. The number of rotatable bonds is 1. The lowest BCUT2D eigenvalue weighted by atomic mass is 10.0. The molecule has 2 heterocycles. The highest BCUT2D eigenvalue weighted by atomic mass is 16.5. The van der Waals surface area contributed by atoms with E-state index in [1.165, 1.54) is 12.0 Å². The summed E-state index contributed by atoms with van der Waals surface area (Å²) in [7, 11) is 1.25. The zero-order valence-electron chi connectivity index (χ0n) is 7.86. The van der Waals surface area contributed by atoms with Crippen molar-refractivity contribution in [2.24, 2.45) is 5.92 Å². The van der Waals surface area contributed by atoms with Crippen molar-refractivity contribution in [1.82, 2.24) is 4.90 Å². The number of imide groups is 1. The highest BCUT2D eigenvalue weighted by molar-refractivity contribution is 6.08. The highest BCUT2D eigenvalue weighted by Crippen LogP contribution is 2.33. The smallest absolute Gasteiger partial charge is 0.318 e. The number of nitrogens with zero attached hydrogens (tertiary/aromatic N) is 1. The van der Waals surface area contributed by atoms with E-state index in [0.29, 0.717) is 19.3 Å². The van der Waals surface area contributed by atoms with Gasteiger partial charge in [-0.25, -0.2) is 0 Å².